The van der Waals surface area contributed by atoms with Crippen molar-refractivity contribution >= 4 is 26.8 Å². The lowest BCUT2D eigenvalue weighted by Crippen LogP contribution is -1.90. The molecule has 1 aromatic carbocycles. The summed E-state index contributed by atoms with van der Waals surface area (Å²) in [5.41, 5.74) is 2.00. The molecule has 3 nitrogen and oxygen atoms in total. The first kappa shape index (κ1) is 12.1. The number of fused-ring (bicyclic) bond motifs is 1. The fourth-order valence-corrected chi connectivity index (χ4v) is 2.06. The van der Waals surface area contributed by atoms with Crippen molar-refractivity contribution in [3.63, 3.8) is 0 Å². The molecule has 3 aromatic rings. The van der Waals surface area contributed by atoms with Gasteiger partial charge in [-0.05, 0) is 52.7 Å². The molecule has 94 valence electrons. The van der Waals surface area contributed by atoms with E-state index in [1.165, 1.54) is 0 Å². The van der Waals surface area contributed by atoms with Crippen molar-refractivity contribution in [2.45, 2.75) is 6.92 Å². The molecule has 0 spiro atoms. The molecule has 0 bridgehead atoms. The molecule has 0 amide bonds. The lowest BCUT2D eigenvalue weighted by Gasteiger charge is -2.08. The Labute approximate surface area is 119 Å². The van der Waals surface area contributed by atoms with Crippen LogP contribution in [0.15, 0.2) is 53.3 Å². The molecular formula is C15H11BrN2O. The van der Waals surface area contributed by atoms with Gasteiger partial charge in [0, 0.05) is 28.3 Å². The van der Waals surface area contributed by atoms with Crippen LogP contribution in [-0.2, 0) is 0 Å². The van der Waals surface area contributed by atoms with E-state index in [0.717, 1.165) is 26.7 Å². The first-order valence-corrected chi connectivity index (χ1v) is 6.67. The van der Waals surface area contributed by atoms with E-state index >= 15 is 0 Å². The van der Waals surface area contributed by atoms with E-state index in [1.54, 1.807) is 12.4 Å². The number of halogens is 1. The maximum atomic E-state index is 5.86. The van der Waals surface area contributed by atoms with E-state index in [2.05, 4.69) is 25.9 Å². The molecule has 0 atom stereocenters. The van der Waals surface area contributed by atoms with Crippen LogP contribution in [0.2, 0.25) is 0 Å². The summed E-state index contributed by atoms with van der Waals surface area (Å²) in [6.45, 7) is 2.00. The average Bonchev–Trinajstić information content (AvgIpc) is 2.43. The minimum atomic E-state index is 0.581. The number of hydrogen-bond acceptors (Lipinski definition) is 3. The highest BCUT2D eigenvalue weighted by atomic mass is 79.9. The van der Waals surface area contributed by atoms with Gasteiger partial charge in [-0.3, -0.25) is 4.98 Å². The molecule has 4 heteroatoms. The number of hydrogen-bond donors (Lipinski definition) is 0. The Morgan fingerprint density at radius 1 is 1.11 bits per heavy atom. The monoisotopic (exact) mass is 314 g/mol. The van der Waals surface area contributed by atoms with Gasteiger partial charge in [-0.2, -0.15) is 0 Å². The zero-order valence-corrected chi connectivity index (χ0v) is 11.9. The second-order valence-electron chi connectivity index (χ2n) is 4.20. The first-order chi connectivity index (χ1) is 9.24. The third-order valence-electron chi connectivity index (χ3n) is 2.84. The van der Waals surface area contributed by atoms with E-state index in [1.807, 2.05) is 43.3 Å². The van der Waals surface area contributed by atoms with Crippen LogP contribution in [0.3, 0.4) is 0 Å². The van der Waals surface area contributed by atoms with E-state index in [4.69, 9.17) is 4.74 Å². The minimum Gasteiger partial charge on any atom is -0.438 e. The van der Waals surface area contributed by atoms with Crippen molar-refractivity contribution in [2.75, 3.05) is 0 Å². The van der Waals surface area contributed by atoms with Gasteiger partial charge in [0.2, 0.25) is 5.88 Å². The van der Waals surface area contributed by atoms with Crippen molar-refractivity contribution in [1.29, 1.82) is 0 Å². The van der Waals surface area contributed by atoms with Crippen LogP contribution in [0.5, 0.6) is 11.6 Å². The summed E-state index contributed by atoms with van der Waals surface area (Å²) in [5, 5.41) is 0.979. The quantitative estimate of drug-likeness (QED) is 0.699. The van der Waals surface area contributed by atoms with Crippen LogP contribution in [0, 0.1) is 6.92 Å². The molecule has 2 aromatic heterocycles. The van der Waals surface area contributed by atoms with Gasteiger partial charge in [0.05, 0.1) is 5.52 Å². The number of nitrogens with zero attached hydrogens (tertiary/aromatic N) is 2. The number of rotatable bonds is 2. The highest BCUT2D eigenvalue weighted by molar-refractivity contribution is 9.10. The van der Waals surface area contributed by atoms with Gasteiger partial charge in [-0.1, -0.05) is 6.07 Å². The molecule has 0 aliphatic rings. The third kappa shape index (κ3) is 2.44. The Kier molecular flexibility index (Phi) is 3.17. The third-order valence-corrected chi connectivity index (χ3v) is 3.67. The summed E-state index contributed by atoms with van der Waals surface area (Å²) in [7, 11) is 0. The summed E-state index contributed by atoms with van der Waals surface area (Å²) in [4.78, 5) is 8.56. The Morgan fingerprint density at radius 3 is 2.84 bits per heavy atom. The summed E-state index contributed by atoms with van der Waals surface area (Å²) in [6.07, 6.45) is 3.52. The van der Waals surface area contributed by atoms with Crippen LogP contribution in [0.1, 0.15) is 5.56 Å². The van der Waals surface area contributed by atoms with E-state index in [0.29, 0.717) is 5.88 Å². The van der Waals surface area contributed by atoms with Gasteiger partial charge >= 0.3 is 0 Å². The van der Waals surface area contributed by atoms with Crippen molar-refractivity contribution in [2.24, 2.45) is 0 Å². The molecule has 0 saturated heterocycles. The second-order valence-corrected chi connectivity index (χ2v) is 5.05. The number of ether oxygens (including phenoxy) is 1. The Bertz CT molecular complexity index is 738. The molecule has 0 N–H and O–H groups in total. The predicted octanol–water partition coefficient (Wildman–Crippen LogP) is 4.49. The van der Waals surface area contributed by atoms with Crippen molar-refractivity contribution in [3.05, 3.63) is 58.8 Å². The van der Waals surface area contributed by atoms with Gasteiger partial charge < -0.3 is 4.74 Å². The highest BCUT2D eigenvalue weighted by Crippen LogP contribution is 2.29. The van der Waals surface area contributed by atoms with Gasteiger partial charge in [0.25, 0.3) is 0 Å². The van der Waals surface area contributed by atoms with Gasteiger partial charge in [-0.15, -0.1) is 0 Å². The molecule has 0 aliphatic heterocycles. The lowest BCUT2D eigenvalue weighted by molar-refractivity contribution is 0.467. The Morgan fingerprint density at radius 2 is 2.00 bits per heavy atom. The van der Waals surface area contributed by atoms with E-state index < -0.39 is 0 Å². The number of aromatic nitrogens is 2. The summed E-state index contributed by atoms with van der Waals surface area (Å²) in [5.74, 6) is 1.34. The van der Waals surface area contributed by atoms with E-state index in [-0.39, 0.29) is 0 Å². The molecule has 0 unspecified atom stereocenters. The van der Waals surface area contributed by atoms with Crippen LogP contribution < -0.4 is 4.74 Å². The fraction of sp³-hybridized carbons (Fsp3) is 0.0667. The van der Waals surface area contributed by atoms with Crippen molar-refractivity contribution in [3.8, 4) is 11.6 Å². The summed E-state index contributed by atoms with van der Waals surface area (Å²) in [6, 6.07) is 11.6. The van der Waals surface area contributed by atoms with E-state index in [9.17, 15) is 0 Å². The largest absolute Gasteiger partial charge is 0.438 e. The van der Waals surface area contributed by atoms with Crippen LogP contribution >= 0.6 is 15.9 Å². The molecular weight excluding hydrogens is 304 g/mol. The zero-order chi connectivity index (χ0) is 13.2. The molecule has 3 rings (SSSR count). The number of aryl methyl sites for hydroxylation is 1. The topological polar surface area (TPSA) is 35.0 Å². The van der Waals surface area contributed by atoms with Gasteiger partial charge in [0.1, 0.15) is 5.75 Å². The second kappa shape index (κ2) is 4.97. The van der Waals surface area contributed by atoms with Crippen LogP contribution in [-0.4, -0.2) is 9.97 Å². The lowest BCUT2D eigenvalue weighted by atomic mass is 10.2. The van der Waals surface area contributed by atoms with Gasteiger partial charge in [0.15, 0.2) is 0 Å². The number of benzene rings is 1. The number of pyridine rings is 2. The SMILES string of the molecule is Cc1cc(Oc2cccc3ncccc23)ncc1Br. The molecule has 0 saturated carbocycles. The standard InChI is InChI=1S/C15H11BrN2O/c1-10-8-15(18-9-12(10)16)19-14-6-2-5-13-11(14)4-3-7-17-13/h2-9H,1H3. The minimum absolute atomic E-state index is 0.581. The van der Waals surface area contributed by atoms with Crippen LogP contribution in [0.4, 0.5) is 0 Å². The fourth-order valence-electron chi connectivity index (χ4n) is 1.85. The normalized spacial score (nSPS) is 10.6. The Balaban J connectivity index is 2.03. The predicted molar refractivity (Wildman–Crippen MR) is 78.5 cm³/mol. The molecule has 19 heavy (non-hydrogen) atoms. The van der Waals surface area contributed by atoms with Crippen molar-refractivity contribution in [1.82, 2.24) is 9.97 Å². The molecule has 0 radical (unpaired) electrons. The highest BCUT2D eigenvalue weighted by Gasteiger charge is 2.05. The first-order valence-electron chi connectivity index (χ1n) is 5.88. The van der Waals surface area contributed by atoms with Crippen LogP contribution in [0.25, 0.3) is 10.9 Å². The Hall–Kier alpha value is -1.94. The molecule has 2 heterocycles. The molecule has 0 aliphatic carbocycles. The zero-order valence-electron chi connectivity index (χ0n) is 10.3. The smallest absolute Gasteiger partial charge is 0.219 e. The maximum absolute atomic E-state index is 5.86. The van der Waals surface area contributed by atoms with Gasteiger partial charge in [-0.25, -0.2) is 4.98 Å². The summed E-state index contributed by atoms with van der Waals surface area (Å²) >= 11 is 3.43. The van der Waals surface area contributed by atoms with Crippen molar-refractivity contribution < 1.29 is 4.74 Å². The maximum Gasteiger partial charge on any atom is 0.219 e. The molecule has 0 fully saturated rings. The summed E-state index contributed by atoms with van der Waals surface area (Å²) < 4.78 is 6.83. The average molecular weight is 315 g/mol.